The van der Waals surface area contributed by atoms with Crippen LogP contribution in [0.3, 0.4) is 0 Å². The van der Waals surface area contributed by atoms with Crippen molar-refractivity contribution in [2.24, 2.45) is 0 Å². The van der Waals surface area contributed by atoms with E-state index in [0.29, 0.717) is 32.2 Å². The van der Waals surface area contributed by atoms with Crippen LogP contribution in [0, 0.1) is 0 Å². The highest BCUT2D eigenvalue weighted by atomic mass is 35.5. The highest BCUT2D eigenvalue weighted by Crippen LogP contribution is 2.33. The monoisotopic (exact) mass is 345 g/mol. The molecule has 116 valence electrons. The van der Waals surface area contributed by atoms with E-state index in [0.717, 1.165) is 12.0 Å². The number of carboxylic acid groups (broad SMARTS) is 1. The number of carbonyl (C=O) groups is 1. The van der Waals surface area contributed by atoms with Crippen molar-refractivity contribution in [3.05, 3.63) is 63.6 Å². The summed E-state index contributed by atoms with van der Waals surface area (Å²) in [6, 6.07) is 12.2. The lowest BCUT2D eigenvalue weighted by Gasteiger charge is -2.11. The Morgan fingerprint density at radius 1 is 1.17 bits per heavy atom. The first-order valence-electron chi connectivity index (χ1n) is 7.12. The number of aromatic nitrogens is 1. The minimum atomic E-state index is -0.995. The summed E-state index contributed by atoms with van der Waals surface area (Å²) in [5.41, 5.74) is 3.00. The summed E-state index contributed by atoms with van der Waals surface area (Å²) < 4.78 is 0. The molecule has 0 spiro atoms. The van der Waals surface area contributed by atoms with Gasteiger partial charge in [0.1, 0.15) is 0 Å². The Morgan fingerprint density at radius 2 is 1.96 bits per heavy atom. The summed E-state index contributed by atoms with van der Waals surface area (Å²) in [7, 11) is 0. The van der Waals surface area contributed by atoms with Crippen molar-refractivity contribution < 1.29 is 9.90 Å². The maximum Gasteiger partial charge on any atom is 0.336 e. The number of hydrogen-bond donors (Lipinski definition) is 1. The number of pyridine rings is 1. The molecule has 1 heterocycles. The molecule has 0 fully saturated rings. The van der Waals surface area contributed by atoms with E-state index in [1.807, 2.05) is 19.1 Å². The molecule has 0 aliphatic carbocycles. The van der Waals surface area contributed by atoms with Crippen molar-refractivity contribution in [3.8, 4) is 11.3 Å². The quantitative estimate of drug-likeness (QED) is 0.684. The molecule has 0 bridgehead atoms. The van der Waals surface area contributed by atoms with Crippen molar-refractivity contribution in [1.29, 1.82) is 0 Å². The van der Waals surface area contributed by atoms with Crippen molar-refractivity contribution >= 4 is 40.1 Å². The zero-order valence-corrected chi connectivity index (χ0v) is 13.8. The first-order chi connectivity index (χ1) is 11.0. The predicted molar refractivity (Wildman–Crippen MR) is 93.5 cm³/mol. The molecule has 0 aliphatic heterocycles. The van der Waals surface area contributed by atoms with Gasteiger partial charge in [-0.15, -0.1) is 0 Å². The molecule has 3 aromatic rings. The van der Waals surface area contributed by atoms with Gasteiger partial charge in [-0.1, -0.05) is 48.3 Å². The van der Waals surface area contributed by atoms with Gasteiger partial charge in [0.25, 0.3) is 0 Å². The van der Waals surface area contributed by atoms with Crippen molar-refractivity contribution in [3.63, 3.8) is 0 Å². The van der Waals surface area contributed by atoms with E-state index in [9.17, 15) is 9.90 Å². The third-order valence-electron chi connectivity index (χ3n) is 3.74. The largest absolute Gasteiger partial charge is 0.478 e. The number of aromatic carboxylic acids is 1. The number of nitrogens with zero attached hydrogens (tertiary/aromatic N) is 1. The molecule has 5 heteroatoms. The predicted octanol–water partition coefficient (Wildman–Crippen LogP) is 5.47. The van der Waals surface area contributed by atoms with Crippen LogP contribution in [-0.4, -0.2) is 16.1 Å². The second-order valence-electron chi connectivity index (χ2n) is 5.15. The molecule has 0 atom stereocenters. The first kappa shape index (κ1) is 15.8. The van der Waals surface area contributed by atoms with E-state index >= 15 is 0 Å². The van der Waals surface area contributed by atoms with Gasteiger partial charge in [0.05, 0.1) is 21.8 Å². The Kier molecular flexibility index (Phi) is 4.24. The second-order valence-corrected chi connectivity index (χ2v) is 5.99. The minimum Gasteiger partial charge on any atom is -0.478 e. The van der Waals surface area contributed by atoms with Gasteiger partial charge in [-0.25, -0.2) is 9.78 Å². The van der Waals surface area contributed by atoms with Gasteiger partial charge in [0.15, 0.2) is 0 Å². The van der Waals surface area contributed by atoms with Crippen molar-refractivity contribution in [2.75, 3.05) is 0 Å². The fourth-order valence-electron chi connectivity index (χ4n) is 2.60. The highest BCUT2D eigenvalue weighted by Gasteiger charge is 2.16. The molecule has 0 radical (unpaired) electrons. The van der Waals surface area contributed by atoms with Gasteiger partial charge >= 0.3 is 5.97 Å². The Morgan fingerprint density at radius 3 is 2.65 bits per heavy atom. The summed E-state index contributed by atoms with van der Waals surface area (Å²) in [6.07, 6.45) is 0.760. The highest BCUT2D eigenvalue weighted by molar-refractivity contribution is 6.35. The molecule has 0 unspecified atom stereocenters. The summed E-state index contributed by atoms with van der Waals surface area (Å²) in [5.74, 6) is -0.995. The van der Waals surface area contributed by atoms with E-state index in [-0.39, 0.29) is 5.56 Å². The molecule has 0 amide bonds. The van der Waals surface area contributed by atoms with Crippen molar-refractivity contribution in [1.82, 2.24) is 4.98 Å². The fraction of sp³-hybridized carbons (Fsp3) is 0.111. The van der Waals surface area contributed by atoms with Crippen LogP contribution in [0.1, 0.15) is 22.8 Å². The fourth-order valence-corrected chi connectivity index (χ4v) is 2.99. The van der Waals surface area contributed by atoms with Crippen LogP contribution in [0.2, 0.25) is 10.0 Å². The lowest BCUT2D eigenvalue weighted by atomic mass is 10.0. The average Bonchev–Trinajstić information content (AvgIpc) is 2.55. The first-order valence-corrected chi connectivity index (χ1v) is 7.88. The van der Waals surface area contributed by atoms with Crippen LogP contribution in [0.4, 0.5) is 0 Å². The summed E-state index contributed by atoms with van der Waals surface area (Å²) >= 11 is 12.3. The molecule has 3 rings (SSSR count). The number of hydrogen-bond acceptors (Lipinski definition) is 2. The lowest BCUT2D eigenvalue weighted by Crippen LogP contribution is -2.02. The van der Waals surface area contributed by atoms with Crippen LogP contribution in [0.25, 0.3) is 22.2 Å². The van der Waals surface area contributed by atoms with Gasteiger partial charge in [-0.05, 0) is 36.2 Å². The van der Waals surface area contributed by atoms with Crippen molar-refractivity contribution in [2.45, 2.75) is 13.3 Å². The molecule has 1 aromatic heterocycles. The molecule has 2 aromatic carbocycles. The Hall–Kier alpha value is -2.10. The number of benzene rings is 2. The molecule has 23 heavy (non-hydrogen) atoms. The third kappa shape index (κ3) is 2.90. The van der Waals surface area contributed by atoms with Crippen LogP contribution in [0.5, 0.6) is 0 Å². The Bertz CT molecular complexity index is 922. The third-order valence-corrected chi connectivity index (χ3v) is 4.30. The number of carboxylic acids is 1. The average molecular weight is 346 g/mol. The normalized spacial score (nSPS) is 10.9. The van der Waals surface area contributed by atoms with Crippen LogP contribution in [0.15, 0.2) is 42.5 Å². The summed E-state index contributed by atoms with van der Waals surface area (Å²) in [6.45, 7) is 2.01. The Balaban J connectivity index is 2.38. The summed E-state index contributed by atoms with van der Waals surface area (Å²) in [4.78, 5) is 16.3. The van der Waals surface area contributed by atoms with Gasteiger partial charge in [0, 0.05) is 16.0 Å². The van der Waals surface area contributed by atoms with Gasteiger partial charge in [0.2, 0.25) is 0 Å². The molecular weight excluding hydrogens is 333 g/mol. The summed E-state index contributed by atoms with van der Waals surface area (Å²) in [5, 5.41) is 11.2. The van der Waals surface area contributed by atoms with E-state index in [1.54, 1.807) is 30.3 Å². The van der Waals surface area contributed by atoms with E-state index in [4.69, 9.17) is 23.2 Å². The van der Waals surface area contributed by atoms with Gasteiger partial charge in [-0.2, -0.15) is 0 Å². The zero-order valence-electron chi connectivity index (χ0n) is 12.3. The number of aryl methyl sites for hydroxylation is 1. The van der Waals surface area contributed by atoms with Gasteiger partial charge < -0.3 is 5.11 Å². The minimum absolute atomic E-state index is 0.205. The van der Waals surface area contributed by atoms with Crippen LogP contribution in [-0.2, 0) is 6.42 Å². The smallest absolute Gasteiger partial charge is 0.336 e. The molecule has 0 saturated heterocycles. The molecule has 0 aliphatic rings. The van der Waals surface area contributed by atoms with E-state index in [2.05, 4.69) is 4.98 Å². The zero-order chi connectivity index (χ0) is 16.6. The maximum absolute atomic E-state index is 11.7. The lowest BCUT2D eigenvalue weighted by molar-refractivity contribution is 0.0699. The standard InChI is InChI=1S/C18H13Cl2NO2/c1-2-10-4-3-5-12-13(18(22)23)9-16(21-17(10)12)14-8-11(19)6-7-15(14)20/h3-9H,2H2,1H3,(H,22,23). The molecular formula is C18H13Cl2NO2. The number of para-hydroxylation sites is 1. The molecule has 1 N–H and O–H groups in total. The van der Waals surface area contributed by atoms with E-state index in [1.165, 1.54) is 0 Å². The molecule has 3 nitrogen and oxygen atoms in total. The SMILES string of the molecule is CCc1cccc2c(C(=O)O)cc(-c3cc(Cl)ccc3Cl)nc12. The second kappa shape index (κ2) is 6.19. The van der Waals surface area contributed by atoms with Crippen LogP contribution < -0.4 is 0 Å². The topological polar surface area (TPSA) is 50.2 Å². The molecule has 0 saturated carbocycles. The maximum atomic E-state index is 11.7. The number of fused-ring (bicyclic) bond motifs is 1. The van der Waals surface area contributed by atoms with E-state index < -0.39 is 5.97 Å². The number of rotatable bonds is 3. The van der Waals surface area contributed by atoms with Crippen LogP contribution >= 0.6 is 23.2 Å². The Labute approximate surface area is 143 Å². The van der Waals surface area contributed by atoms with Gasteiger partial charge in [-0.3, -0.25) is 0 Å². The number of halogens is 2.